The van der Waals surface area contributed by atoms with Crippen LogP contribution in [0.15, 0.2) is 60.8 Å². The molecule has 0 bridgehead atoms. The number of unbranched alkanes of at least 4 members (excludes halogenated alkanes) is 2. The fourth-order valence-corrected chi connectivity index (χ4v) is 2.74. The van der Waals surface area contributed by atoms with Crippen molar-refractivity contribution >= 4 is 22.5 Å². The zero-order valence-corrected chi connectivity index (χ0v) is 14.0. The maximum atomic E-state index is 12.4. The monoisotopic (exact) mass is 318 g/mol. The van der Waals surface area contributed by atoms with E-state index in [0.717, 1.165) is 17.3 Å². The minimum atomic E-state index is -0.104. The number of hydrogen-bond acceptors (Lipinski definition) is 2. The van der Waals surface area contributed by atoms with E-state index in [0.29, 0.717) is 11.3 Å². The Kier molecular flexibility index (Phi) is 5.22. The van der Waals surface area contributed by atoms with Gasteiger partial charge in [0.25, 0.3) is 5.91 Å². The Morgan fingerprint density at radius 1 is 1.04 bits per heavy atom. The van der Waals surface area contributed by atoms with Crippen LogP contribution in [-0.2, 0) is 6.42 Å². The Balaban J connectivity index is 1.67. The normalized spacial score (nSPS) is 10.7. The third-order valence-corrected chi connectivity index (χ3v) is 4.13. The van der Waals surface area contributed by atoms with Crippen LogP contribution in [-0.4, -0.2) is 10.9 Å². The Morgan fingerprint density at radius 2 is 1.83 bits per heavy atom. The van der Waals surface area contributed by atoms with Crippen LogP contribution in [0.3, 0.4) is 0 Å². The highest BCUT2D eigenvalue weighted by Gasteiger charge is 2.07. The fraction of sp³-hybridized carbons (Fsp3) is 0.238. The summed E-state index contributed by atoms with van der Waals surface area (Å²) in [5, 5.41) is 3.94. The lowest BCUT2D eigenvalue weighted by atomic mass is 10.1. The van der Waals surface area contributed by atoms with Gasteiger partial charge in [0.1, 0.15) is 0 Å². The molecule has 0 aliphatic carbocycles. The van der Waals surface area contributed by atoms with Crippen molar-refractivity contribution in [3.8, 4) is 0 Å². The van der Waals surface area contributed by atoms with Crippen molar-refractivity contribution in [2.24, 2.45) is 0 Å². The Bertz CT molecular complexity index is 825. The molecule has 1 amide bonds. The van der Waals surface area contributed by atoms with E-state index < -0.39 is 0 Å². The van der Waals surface area contributed by atoms with Crippen LogP contribution in [0.2, 0.25) is 0 Å². The lowest BCUT2D eigenvalue weighted by molar-refractivity contribution is 0.102. The molecule has 3 aromatic rings. The molecule has 0 aliphatic heterocycles. The average Bonchev–Trinajstić information content (AvgIpc) is 2.62. The molecule has 0 saturated heterocycles. The SMILES string of the molecule is CCCCCc1ccc(C(=O)Nc2cnc3ccccc3c2)cc1. The highest BCUT2D eigenvalue weighted by atomic mass is 16.1. The number of nitrogens with zero attached hydrogens (tertiary/aromatic N) is 1. The number of nitrogens with one attached hydrogen (secondary N) is 1. The summed E-state index contributed by atoms with van der Waals surface area (Å²) in [6, 6.07) is 17.7. The van der Waals surface area contributed by atoms with E-state index in [1.54, 1.807) is 6.20 Å². The van der Waals surface area contributed by atoms with Crippen LogP contribution in [0, 0.1) is 0 Å². The third-order valence-electron chi connectivity index (χ3n) is 4.13. The summed E-state index contributed by atoms with van der Waals surface area (Å²) >= 11 is 0. The number of hydrogen-bond donors (Lipinski definition) is 1. The molecule has 3 rings (SSSR count). The number of benzene rings is 2. The van der Waals surface area contributed by atoms with Gasteiger partial charge in [-0.25, -0.2) is 0 Å². The predicted octanol–water partition coefficient (Wildman–Crippen LogP) is 5.22. The van der Waals surface area contributed by atoms with Gasteiger partial charge in [0.2, 0.25) is 0 Å². The Morgan fingerprint density at radius 3 is 2.62 bits per heavy atom. The molecule has 0 saturated carbocycles. The third kappa shape index (κ3) is 3.99. The number of fused-ring (bicyclic) bond motifs is 1. The number of para-hydroxylation sites is 1. The zero-order chi connectivity index (χ0) is 16.8. The fourth-order valence-electron chi connectivity index (χ4n) is 2.74. The molecule has 0 aliphatic rings. The first kappa shape index (κ1) is 16.2. The first-order chi connectivity index (χ1) is 11.8. The summed E-state index contributed by atoms with van der Waals surface area (Å²) in [7, 11) is 0. The molecule has 0 spiro atoms. The van der Waals surface area contributed by atoms with Crippen LogP contribution in [0.1, 0.15) is 42.1 Å². The molecule has 0 atom stereocenters. The topological polar surface area (TPSA) is 42.0 Å². The smallest absolute Gasteiger partial charge is 0.255 e. The molecule has 1 aromatic heterocycles. The Labute approximate surface area is 142 Å². The van der Waals surface area contributed by atoms with E-state index in [1.807, 2.05) is 54.6 Å². The number of amides is 1. The molecule has 0 fully saturated rings. The van der Waals surface area contributed by atoms with Crippen molar-refractivity contribution in [3.63, 3.8) is 0 Å². The number of aromatic nitrogens is 1. The van der Waals surface area contributed by atoms with Crippen molar-refractivity contribution in [3.05, 3.63) is 71.9 Å². The lowest BCUT2D eigenvalue weighted by Gasteiger charge is -2.07. The summed E-state index contributed by atoms with van der Waals surface area (Å²) in [5.74, 6) is -0.104. The van der Waals surface area contributed by atoms with Crippen molar-refractivity contribution < 1.29 is 4.79 Å². The molecule has 2 aromatic carbocycles. The molecule has 0 unspecified atom stereocenters. The summed E-state index contributed by atoms with van der Waals surface area (Å²) in [5.41, 5.74) is 3.59. The molecule has 3 nitrogen and oxygen atoms in total. The minimum absolute atomic E-state index is 0.104. The lowest BCUT2D eigenvalue weighted by Crippen LogP contribution is -2.12. The molecule has 3 heteroatoms. The van der Waals surface area contributed by atoms with Crippen molar-refractivity contribution in [1.82, 2.24) is 4.98 Å². The van der Waals surface area contributed by atoms with Crippen LogP contribution in [0.25, 0.3) is 10.9 Å². The van der Waals surface area contributed by atoms with Gasteiger partial charge in [0, 0.05) is 10.9 Å². The van der Waals surface area contributed by atoms with Gasteiger partial charge in [-0.3, -0.25) is 9.78 Å². The molecular weight excluding hydrogens is 296 g/mol. The largest absolute Gasteiger partial charge is 0.321 e. The van der Waals surface area contributed by atoms with Crippen molar-refractivity contribution in [1.29, 1.82) is 0 Å². The summed E-state index contributed by atoms with van der Waals surface area (Å²) in [6.45, 7) is 2.20. The van der Waals surface area contributed by atoms with Crippen molar-refractivity contribution in [2.75, 3.05) is 5.32 Å². The van der Waals surface area contributed by atoms with Crippen LogP contribution in [0.5, 0.6) is 0 Å². The number of rotatable bonds is 6. The van der Waals surface area contributed by atoms with E-state index in [9.17, 15) is 4.79 Å². The predicted molar refractivity (Wildman–Crippen MR) is 99.4 cm³/mol. The molecule has 24 heavy (non-hydrogen) atoms. The summed E-state index contributed by atoms with van der Waals surface area (Å²) in [4.78, 5) is 16.8. The minimum Gasteiger partial charge on any atom is -0.321 e. The van der Waals surface area contributed by atoms with Gasteiger partial charge >= 0.3 is 0 Å². The number of pyridine rings is 1. The second-order valence-corrected chi connectivity index (χ2v) is 6.02. The molecule has 1 heterocycles. The van der Waals surface area contributed by atoms with Gasteiger partial charge < -0.3 is 5.32 Å². The standard InChI is InChI=1S/C21H22N2O/c1-2-3-4-7-16-10-12-17(13-11-16)21(24)23-19-14-18-8-5-6-9-20(18)22-15-19/h5-6,8-15H,2-4,7H2,1H3,(H,23,24). The van der Waals surface area contributed by atoms with Gasteiger partial charge in [-0.15, -0.1) is 0 Å². The van der Waals surface area contributed by atoms with E-state index in [1.165, 1.54) is 24.8 Å². The van der Waals surface area contributed by atoms with Gasteiger partial charge in [-0.05, 0) is 42.7 Å². The van der Waals surface area contributed by atoms with Gasteiger partial charge in [-0.1, -0.05) is 50.1 Å². The van der Waals surface area contributed by atoms with E-state index in [2.05, 4.69) is 17.2 Å². The second kappa shape index (κ2) is 7.73. The van der Waals surface area contributed by atoms with E-state index >= 15 is 0 Å². The molecule has 0 radical (unpaired) electrons. The maximum Gasteiger partial charge on any atom is 0.255 e. The molecule has 122 valence electrons. The highest BCUT2D eigenvalue weighted by molar-refractivity contribution is 6.04. The van der Waals surface area contributed by atoms with E-state index in [-0.39, 0.29) is 5.91 Å². The average molecular weight is 318 g/mol. The van der Waals surface area contributed by atoms with Crippen molar-refractivity contribution in [2.45, 2.75) is 32.6 Å². The maximum absolute atomic E-state index is 12.4. The van der Waals surface area contributed by atoms with Gasteiger partial charge in [0.15, 0.2) is 0 Å². The number of aryl methyl sites for hydroxylation is 1. The molecular formula is C21H22N2O. The number of anilines is 1. The van der Waals surface area contributed by atoms with Crippen LogP contribution >= 0.6 is 0 Å². The summed E-state index contributed by atoms with van der Waals surface area (Å²) in [6.07, 6.45) is 6.44. The second-order valence-electron chi connectivity index (χ2n) is 6.02. The quantitative estimate of drug-likeness (QED) is 0.633. The van der Waals surface area contributed by atoms with Crippen LogP contribution in [0.4, 0.5) is 5.69 Å². The number of carbonyl (C=O) groups excluding carboxylic acids is 1. The van der Waals surface area contributed by atoms with E-state index in [4.69, 9.17) is 0 Å². The first-order valence-electron chi connectivity index (χ1n) is 8.51. The molecule has 1 N–H and O–H groups in total. The van der Waals surface area contributed by atoms with Crippen LogP contribution < -0.4 is 5.32 Å². The first-order valence-corrected chi connectivity index (χ1v) is 8.51. The Hall–Kier alpha value is -2.68. The highest BCUT2D eigenvalue weighted by Crippen LogP contribution is 2.17. The zero-order valence-electron chi connectivity index (χ0n) is 14.0. The van der Waals surface area contributed by atoms with Gasteiger partial charge in [0.05, 0.1) is 17.4 Å². The number of carbonyl (C=O) groups is 1. The van der Waals surface area contributed by atoms with Gasteiger partial charge in [-0.2, -0.15) is 0 Å². The summed E-state index contributed by atoms with van der Waals surface area (Å²) < 4.78 is 0.